The number of benzene rings is 1. The van der Waals surface area contributed by atoms with E-state index in [0.29, 0.717) is 10.4 Å². The Labute approximate surface area is 109 Å². The lowest BCUT2D eigenvalue weighted by molar-refractivity contribution is 0.0692. The molecule has 2 rings (SSSR count). The summed E-state index contributed by atoms with van der Waals surface area (Å²) < 4.78 is 14.3. The molecule has 0 spiro atoms. The number of carbonyl (C=O) groups excluding carboxylic acids is 1. The van der Waals surface area contributed by atoms with Gasteiger partial charge in [-0.3, -0.25) is 4.79 Å². The smallest absolute Gasteiger partial charge is 0.256 e. The largest absolute Gasteiger partial charge is 0.339 e. The van der Waals surface area contributed by atoms with Gasteiger partial charge in [0, 0.05) is 17.6 Å². The molecule has 1 heterocycles. The first-order valence-corrected chi connectivity index (χ1v) is 6.61. The minimum absolute atomic E-state index is 0.169. The highest BCUT2D eigenvalue weighted by molar-refractivity contribution is 9.10. The SMILES string of the molecule is CC1CCN(C(=O)c2ccc(Br)cc2F)CC1. The van der Waals surface area contributed by atoms with Crippen LogP contribution in [0.5, 0.6) is 0 Å². The van der Waals surface area contributed by atoms with Crippen molar-refractivity contribution in [3.8, 4) is 0 Å². The topological polar surface area (TPSA) is 20.3 Å². The Morgan fingerprint density at radius 2 is 2.06 bits per heavy atom. The number of halogens is 2. The predicted molar refractivity (Wildman–Crippen MR) is 68.4 cm³/mol. The van der Waals surface area contributed by atoms with Gasteiger partial charge in [0.05, 0.1) is 5.56 Å². The third-order valence-electron chi connectivity index (χ3n) is 3.23. The van der Waals surface area contributed by atoms with E-state index in [1.807, 2.05) is 0 Å². The molecular weight excluding hydrogens is 285 g/mol. The minimum Gasteiger partial charge on any atom is -0.339 e. The second-order valence-electron chi connectivity index (χ2n) is 4.60. The Bertz CT molecular complexity index is 427. The number of piperidine rings is 1. The van der Waals surface area contributed by atoms with Crippen LogP contribution in [-0.2, 0) is 0 Å². The van der Waals surface area contributed by atoms with Crippen LogP contribution in [0.15, 0.2) is 22.7 Å². The Morgan fingerprint density at radius 1 is 1.41 bits per heavy atom. The standard InChI is InChI=1S/C13H15BrFNO/c1-9-4-6-16(7-5-9)13(17)11-3-2-10(14)8-12(11)15/h2-3,8-9H,4-7H2,1H3. The third kappa shape index (κ3) is 2.86. The summed E-state index contributed by atoms with van der Waals surface area (Å²) in [6, 6.07) is 4.57. The molecule has 0 aromatic heterocycles. The number of hydrogen-bond donors (Lipinski definition) is 0. The van der Waals surface area contributed by atoms with Crippen LogP contribution in [0.25, 0.3) is 0 Å². The molecule has 17 heavy (non-hydrogen) atoms. The second kappa shape index (κ2) is 5.17. The zero-order valence-electron chi connectivity index (χ0n) is 9.75. The molecule has 0 aliphatic carbocycles. The first-order valence-electron chi connectivity index (χ1n) is 5.82. The van der Waals surface area contributed by atoms with Crippen LogP contribution >= 0.6 is 15.9 Å². The van der Waals surface area contributed by atoms with E-state index in [1.54, 1.807) is 17.0 Å². The summed E-state index contributed by atoms with van der Waals surface area (Å²) in [5.74, 6) is 0.0127. The first kappa shape index (κ1) is 12.6. The first-order chi connectivity index (χ1) is 8.08. The molecule has 0 atom stereocenters. The lowest BCUT2D eigenvalue weighted by atomic mass is 9.98. The van der Waals surface area contributed by atoms with Crippen molar-refractivity contribution in [1.82, 2.24) is 4.90 Å². The molecule has 1 aromatic rings. The van der Waals surface area contributed by atoms with Gasteiger partial charge in [0.1, 0.15) is 5.82 Å². The molecule has 1 aliphatic rings. The fourth-order valence-corrected chi connectivity index (χ4v) is 2.38. The molecule has 92 valence electrons. The van der Waals surface area contributed by atoms with Crippen LogP contribution in [0.2, 0.25) is 0 Å². The molecule has 4 heteroatoms. The van der Waals surface area contributed by atoms with E-state index >= 15 is 0 Å². The van der Waals surface area contributed by atoms with Gasteiger partial charge in [-0.1, -0.05) is 22.9 Å². The fourth-order valence-electron chi connectivity index (χ4n) is 2.04. The lowest BCUT2D eigenvalue weighted by Gasteiger charge is -2.30. The normalized spacial score (nSPS) is 17.2. The van der Waals surface area contributed by atoms with Crippen molar-refractivity contribution in [1.29, 1.82) is 0 Å². The van der Waals surface area contributed by atoms with Gasteiger partial charge in [-0.25, -0.2) is 4.39 Å². The molecule has 0 N–H and O–H groups in total. The fraction of sp³-hybridized carbons (Fsp3) is 0.462. The molecular formula is C13H15BrFNO. The van der Waals surface area contributed by atoms with Crippen molar-refractivity contribution < 1.29 is 9.18 Å². The van der Waals surface area contributed by atoms with Gasteiger partial charge in [-0.05, 0) is 37.0 Å². The number of rotatable bonds is 1. The number of amides is 1. The highest BCUT2D eigenvalue weighted by Crippen LogP contribution is 2.21. The number of likely N-dealkylation sites (tertiary alicyclic amines) is 1. The van der Waals surface area contributed by atoms with Crippen LogP contribution in [0.3, 0.4) is 0 Å². The summed E-state index contributed by atoms with van der Waals surface area (Å²) in [5, 5.41) is 0. The van der Waals surface area contributed by atoms with E-state index in [2.05, 4.69) is 22.9 Å². The van der Waals surface area contributed by atoms with Crippen LogP contribution in [0, 0.1) is 11.7 Å². The Morgan fingerprint density at radius 3 is 2.65 bits per heavy atom. The summed E-state index contributed by atoms with van der Waals surface area (Å²) in [6.45, 7) is 3.65. The van der Waals surface area contributed by atoms with Gasteiger partial charge in [-0.15, -0.1) is 0 Å². The van der Waals surface area contributed by atoms with E-state index in [4.69, 9.17) is 0 Å². The second-order valence-corrected chi connectivity index (χ2v) is 5.51. The Balaban J connectivity index is 2.14. The summed E-state index contributed by atoms with van der Waals surface area (Å²) in [6.07, 6.45) is 2.01. The average molecular weight is 300 g/mol. The Kier molecular flexibility index (Phi) is 3.82. The lowest BCUT2D eigenvalue weighted by Crippen LogP contribution is -2.38. The average Bonchev–Trinajstić information content (AvgIpc) is 2.29. The highest BCUT2D eigenvalue weighted by atomic mass is 79.9. The Hall–Kier alpha value is -0.900. The molecule has 1 aliphatic heterocycles. The van der Waals surface area contributed by atoms with Crippen LogP contribution in [0.4, 0.5) is 4.39 Å². The molecule has 1 amide bonds. The zero-order chi connectivity index (χ0) is 12.4. The van der Waals surface area contributed by atoms with Gasteiger partial charge in [0.15, 0.2) is 0 Å². The van der Waals surface area contributed by atoms with E-state index in [1.165, 1.54) is 6.07 Å². The summed E-state index contributed by atoms with van der Waals surface area (Å²) in [7, 11) is 0. The molecule has 2 nitrogen and oxygen atoms in total. The maximum Gasteiger partial charge on any atom is 0.256 e. The van der Waals surface area contributed by atoms with Gasteiger partial charge in [0.2, 0.25) is 0 Å². The van der Waals surface area contributed by atoms with Crippen molar-refractivity contribution in [2.45, 2.75) is 19.8 Å². The van der Waals surface area contributed by atoms with Crippen molar-refractivity contribution in [3.05, 3.63) is 34.1 Å². The van der Waals surface area contributed by atoms with Crippen molar-refractivity contribution >= 4 is 21.8 Å². The number of carbonyl (C=O) groups is 1. The summed E-state index contributed by atoms with van der Waals surface area (Å²) >= 11 is 3.18. The molecule has 1 aromatic carbocycles. The van der Waals surface area contributed by atoms with E-state index in [0.717, 1.165) is 25.9 Å². The number of hydrogen-bond acceptors (Lipinski definition) is 1. The molecule has 0 unspecified atom stereocenters. The van der Waals surface area contributed by atoms with Crippen LogP contribution in [-0.4, -0.2) is 23.9 Å². The quantitative estimate of drug-likeness (QED) is 0.778. The zero-order valence-corrected chi connectivity index (χ0v) is 11.3. The van der Waals surface area contributed by atoms with E-state index < -0.39 is 5.82 Å². The molecule has 0 saturated carbocycles. The molecule has 0 radical (unpaired) electrons. The molecule has 0 bridgehead atoms. The van der Waals surface area contributed by atoms with Crippen LogP contribution < -0.4 is 0 Å². The third-order valence-corrected chi connectivity index (χ3v) is 3.73. The van der Waals surface area contributed by atoms with Crippen LogP contribution in [0.1, 0.15) is 30.1 Å². The summed E-state index contributed by atoms with van der Waals surface area (Å²) in [4.78, 5) is 13.9. The predicted octanol–water partition coefficient (Wildman–Crippen LogP) is 3.46. The molecule has 1 saturated heterocycles. The maximum absolute atomic E-state index is 13.7. The van der Waals surface area contributed by atoms with Gasteiger partial charge in [-0.2, -0.15) is 0 Å². The summed E-state index contributed by atoms with van der Waals surface area (Å²) in [5.41, 5.74) is 0.169. The van der Waals surface area contributed by atoms with Crippen molar-refractivity contribution in [3.63, 3.8) is 0 Å². The minimum atomic E-state index is -0.456. The monoisotopic (exact) mass is 299 g/mol. The van der Waals surface area contributed by atoms with Crippen molar-refractivity contribution in [2.75, 3.05) is 13.1 Å². The van der Waals surface area contributed by atoms with E-state index in [-0.39, 0.29) is 11.5 Å². The maximum atomic E-state index is 13.7. The van der Waals surface area contributed by atoms with Crippen molar-refractivity contribution in [2.24, 2.45) is 5.92 Å². The molecule has 1 fully saturated rings. The number of nitrogens with zero attached hydrogens (tertiary/aromatic N) is 1. The highest BCUT2D eigenvalue weighted by Gasteiger charge is 2.23. The van der Waals surface area contributed by atoms with Gasteiger partial charge < -0.3 is 4.90 Å². The van der Waals surface area contributed by atoms with Gasteiger partial charge in [0.25, 0.3) is 5.91 Å². The van der Waals surface area contributed by atoms with E-state index in [9.17, 15) is 9.18 Å². The van der Waals surface area contributed by atoms with Gasteiger partial charge >= 0.3 is 0 Å².